The number of benzene rings is 3. The van der Waals surface area contributed by atoms with Crippen molar-refractivity contribution >= 4 is 75.3 Å². The zero-order valence-corrected chi connectivity index (χ0v) is 40.4. The fraction of sp³-hybridized carbons (Fsp3) is 0.438. The number of likely N-dealkylation sites (tertiary alicyclic amines) is 1. The molecule has 67 heavy (non-hydrogen) atoms. The van der Waals surface area contributed by atoms with E-state index in [-0.39, 0.29) is 72.6 Å². The van der Waals surface area contributed by atoms with Gasteiger partial charge in [0.2, 0.25) is 17.7 Å². The zero-order chi connectivity index (χ0) is 48.5. The van der Waals surface area contributed by atoms with Crippen molar-refractivity contribution in [2.45, 2.75) is 90.6 Å². The normalized spacial score (nSPS) is 17.4. The molecule has 2 fully saturated rings. The molecule has 3 atom stereocenters. The number of ether oxygens (including phenoxy) is 3. The van der Waals surface area contributed by atoms with Crippen molar-refractivity contribution in [3.8, 4) is 22.3 Å². The first-order valence-corrected chi connectivity index (χ1v) is 23.6. The number of hydrogen-bond donors (Lipinski definition) is 3. The molecular formula is C48H55ClFN7O8S2. The smallest absolute Gasteiger partial charge is 0.259 e. The lowest BCUT2D eigenvalue weighted by Crippen LogP contribution is -2.58. The molecule has 0 unspecified atom stereocenters. The van der Waals surface area contributed by atoms with Crippen molar-refractivity contribution in [1.82, 2.24) is 20.5 Å². The maximum absolute atomic E-state index is 15.3. The molecule has 6 rings (SSSR count). The quantitative estimate of drug-likeness (QED) is 0.0624. The van der Waals surface area contributed by atoms with E-state index in [9.17, 15) is 29.5 Å². The van der Waals surface area contributed by atoms with E-state index in [1.807, 2.05) is 51.1 Å². The van der Waals surface area contributed by atoms with Gasteiger partial charge in [-0.15, -0.1) is 11.3 Å². The van der Waals surface area contributed by atoms with Crippen LogP contribution in [-0.4, -0.2) is 107 Å². The Labute approximate surface area is 404 Å². The van der Waals surface area contributed by atoms with Gasteiger partial charge in [0, 0.05) is 57.3 Å². The van der Waals surface area contributed by atoms with Crippen LogP contribution in [0.2, 0.25) is 5.02 Å². The minimum Gasteiger partial charge on any atom is -0.491 e. The highest BCUT2D eigenvalue weighted by Gasteiger charge is 2.50. The fourth-order valence-corrected chi connectivity index (χ4v) is 9.10. The molecule has 15 nitrogen and oxygen atoms in total. The number of β-amino-alcohol motifs (C(OH)–C–C–N with tert-alkyl or cyclic N) is 1. The van der Waals surface area contributed by atoms with Gasteiger partial charge in [-0.3, -0.25) is 29.1 Å². The van der Waals surface area contributed by atoms with Crippen LogP contribution in [0.4, 0.5) is 15.8 Å². The third-order valence-electron chi connectivity index (χ3n) is 11.3. The first-order valence-electron chi connectivity index (χ1n) is 21.9. The van der Waals surface area contributed by atoms with E-state index in [4.69, 9.17) is 38.0 Å². The molecule has 2 saturated heterocycles. The van der Waals surface area contributed by atoms with Crippen LogP contribution in [0.5, 0.6) is 5.75 Å². The molecular weight excluding hydrogens is 921 g/mol. The average molecular weight is 977 g/mol. The Morgan fingerprint density at radius 2 is 1.73 bits per heavy atom. The summed E-state index contributed by atoms with van der Waals surface area (Å²) in [6, 6.07) is 16.9. The minimum atomic E-state index is -1.14. The number of thiazole rings is 1. The highest BCUT2D eigenvalue weighted by Crippen LogP contribution is 2.39. The number of halogens is 2. The van der Waals surface area contributed by atoms with E-state index >= 15 is 4.39 Å². The van der Waals surface area contributed by atoms with Gasteiger partial charge >= 0.3 is 0 Å². The molecule has 0 radical (unpaired) electrons. The number of nitrogens with zero attached hydrogens (tertiary/aromatic N) is 5. The summed E-state index contributed by atoms with van der Waals surface area (Å²) in [6.07, 6.45) is 2.76. The number of aliphatic hydroxyl groups is 1. The summed E-state index contributed by atoms with van der Waals surface area (Å²) in [5, 5.41) is 25.8. The standard InChI is InChI=1S/C48H55ClFN7O8S2/c1-47(2,3)42(44(61)55-27-35(58)23-38(55)43(60)53-25-30-9-11-31(12-10-30)40-26-52-29-67-40)54-41(59)28-64-19-8-18-63-17-6-7-20-65-39-16-15-34(22-37(39)50)57-46(66)56(45(62)48(57,4)5)33-14-13-32(24-51)36(49)21-33/h9-16,21-22,26,29,35,38,42,58H,6-8,17-20,23,25,27-28H2,1-5H3,(H,53,60)(H,54,59)/t35-,38+,42-/m1/s1. The van der Waals surface area contributed by atoms with Gasteiger partial charge in [0.05, 0.1) is 39.4 Å². The number of carbonyl (C=O) groups excluding carboxylic acids is 4. The third kappa shape index (κ3) is 12.5. The number of aromatic nitrogens is 1. The molecule has 3 heterocycles. The number of thiocarbonyl (C=S) groups is 1. The van der Waals surface area contributed by atoms with Gasteiger partial charge in [0.15, 0.2) is 16.7 Å². The third-order valence-corrected chi connectivity index (χ3v) is 12.8. The second-order valence-electron chi connectivity index (χ2n) is 17.8. The molecule has 2 aliphatic rings. The zero-order valence-electron chi connectivity index (χ0n) is 38.1. The number of aliphatic hydroxyl groups excluding tert-OH is 1. The molecule has 4 amide bonds. The number of amides is 4. The predicted octanol–water partition coefficient (Wildman–Crippen LogP) is 6.78. The summed E-state index contributed by atoms with van der Waals surface area (Å²) in [7, 11) is 0. The summed E-state index contributed by atoms with van der Waals surface area (Å²) in [4.78, 5) is 63.2. The summed E-state index contributed by atoms with van der Waals surface area (Å²) in [5.41, 5.74) is 2.85. The number of unbranched alkanes of at least 4 members (excludes halogenated alkanes) is 1. The van der Waals surface area contributed by atoms with Crippen LogP contribution < -0.4 is 25.2 Å². The molecule has 0 saturated carbocycles. The van der Waals surface area contributed by atoms with Crippen LogP contribution in [0.3, 0.4) is 0 Å². The second kappa shape index (κ2) is 22.5. The van der Waals surface area contributed by atoms with Crippen LogP contribution in [0, 0.1) is 22.6 Å². The molecule has 0 spiro atoms. The number of anilines is 2. The van der Waals surface area contributed by atoms with E-state index in [1.54, 1.807) is 42.6 Å². The Balaban J connectivity index is 0.866. The summed E-state index contributed by atoms with van der Waals surface area (Å²) >= 11 is 13.4. The number of rotatable bonds is 20. The largest absolute Gasteiger partial charge is 0.491 e. The van der Waals surface area contributed by atoms with Gasteiger partial charge < -0.3 is 39.8 Å². The summed E-state index contributed by atoms with van der Waals surface area (Å²) in [5.74, 6) is -2.23. The van der Waals surface area contributed by atoms with E-state index in [0.717, 1.165) is 16.0 Å². The maximum atomic E-state index is 15.3. The van der Waals surface area contributed by atoms with Crippen molar-refractivity contribution in [1.29, 1.82) is 5.26 Å². The Morgan fingerprint density at radius 1 is 1.03 bits per heavy atom. The fourth-order valence-electron chi connectivity index (χ4n) is 7.73. The molecule has 1 aromatic heterocycles. The first-order chi connectivity index (χ1) is 31.9. The van der Waals surface area contributed by atoms with Gasteiger partial charge in [0.1, 0.15) is 30.3 Å². The number of nitrogens with one attached hydrogen (secondary N) is 2. The number of nitriles is 1. The van der Waals surface area contributed by atoms with E-state index in [0.29, 0.717) is 43.9 Å². The lowest BCUT2D eigenvalue weighted by molar-refractivity contribution is -0.144. The first kappa shape index (κ1) is 50.9. The van der Waals surface area contributed by atoms with Crippen LogP contribution in [0.15, 0.2) is 72.4 Å². The predicted molar refractivity (Wildman–Crippen MR) is 257 cm³/mol. The van der Waals surface area contributed by atoms with Gasteiger partial charge in [-0.05, 0) is 92.2 Å². The van der Waals surface area contributed by atoms with Crippen LogP contribution >= 0.6 is 35.2 Å². The van der Waals surface area contributed by atoms with E-state index in [2.05, 4.69) is 15.6 Å². The number of hydrogen-bond acceptors (Lipinski definition) is 12. The molecule has 4 aromatic rings. The monoisotopic (exact) mass is 975 g/mol. The highest BCUT2D eigenvalue weighted by molar-refractivity contribution is 7.81. The van der Waals surface area contributed by atoms with Crippen molar-refractivity contribution in [2.75, 3.05) is 49.4 Å². The van der Waals surface area contributed by atoms with Gasteiger partial charge in [-0.1, -0.05) is 56.6 Å². The molecule has 3 aromatic carbocycles. The lowest BCUT2D eigenvalue weighted by atomic mass is 9.85. The molecule has 19 heteroatoms. The molecule has 2 aliphatic heterocycles. The SMILES string of the molecule is CC(C)(C)[C@H](NC(=O)COCCCOCCCCOc1ccc(N2C(=S)N(c3ccc(C#N)c(Cl)c3)C(=O)C2(C)C)cc1F)C(=O)N1C[C@H](O)C[C@H]1C(=O)NCc1ccc(-c2cncs2)cc1. The second-order valence-corrected chi connectivity index (χ2v) is 19.5. The molecule has 3 N–H and O–H groups in total. The average Bonchev–Trinajstić information content (AvgIpc) is 4.01. The van der Waals surface area contributed by atoms with Crippen LogP contribution in [0.25, 0.3) is 10.4 Å². The molecule has 0 aliphatic carbocycles. The van der Waals surface area contributed by atoms with Crippen molar-refractivity contribution in [3.63, 3.8) is 0 Å². The highest BCUT2D eigenvalue weighted by atomic mass is 35.5. The minimum absolute atomic E-state index is 0.0299. The number of carbonyl (C=O) groups is 4. The lowest BCUT2D eigenvalue weighted by Gasteiger charge is -2.35. The van der Waals surface area contributed by atoms with Gasteiger partial charge in [0.25, 0.3) is 5.91 Å². The Hall–Kier alpha value is -5.55. The summed E-state index contributed by atoms with van der Waals surface area (Å²) < 4.78 is 32.3. The van der Waals surface area contributed by atoms with E-state index in [1.165, 1.54) is 45.4 Å². The van der Waals surface area contributed by atoms with Gasteiger partial charge in [-0.2, -0.15) is 5.26 Å². The Morgan fingerprint density at radius 3 is 2.40 bits per heavy atom. The van der Waals surface area contributed by atoms with Gasteiger partial charge in [-0.25, -0.2) is 4.39 Å². The molecule has 0 bridgehead atoms. The Bertz CT molecular complexity index is 2460. The van der Waals surface area contributed by atoms with E-state index < -0.39 is 46.8 Å². The summed E-state index contributed by atoms with van der Waals surface area (Å²) in [6.45, 7) is 10.1. The topological polar surface area (TPSA) is 187 Å². The molecule has 356 valence electrons. The van der Waals surface area contributed by atoms with Crippen molar-refractivity contribution in [3.05, 3.63) is 94.3 Å². The van der Waals surface area contributed by atoms with Crippen molar-refractivity contribution in [2.24, 2.45) is 5.41 Å². The van der Waals surface area contributed by atoms with Crippen LogP contribution in [-0.2, 0) is 35.2 Å². The van der Waals surface area contributed by atoms with Crippen LogP contribution in [0.1, 0.15) is 71.4 Å². The maximum Gasteiger partial charge on any atom is 0.259 e. The Kier molecular flexibility index (Phi) is 17.1. The van der Waals surface area contributed by atoms with Crippen molar-refractivity contribution < 1.29 is 42.9 Å².